The van der Waals surface area contributed by atoms with Crippen LogP contribution in [0.2, 0.25) is 0 Å². The first-order valence-corrected chi connectivity index (χ1v) is 7.92. The van der Waals surface area contributed by atoms with E-state index in [-0.39, 0.29) is 0 Å². The van der Waals surface area contributed by atoms with Gasteiger partial charge in [0, 0.05) is 6.54 Å². The summed E-state index contributed by atoms with van der Waals surface area (Å²) < 4.78 is 0. The van der Waals surface area contributed by atoms with Crippen LogP contribution in [0, 0.1) is 25.7 Å². The van der Waals surface area contributed by atoms with E-state index in [9.17, 15) is 0 Å². The van der Waals surface area contributed by atoms with Gasteiger partial charge >= 0.3 is 0 Å². The minimum atomic E-state index is 0.971. The van der Waals surface area contributed by atoms with Crippen LogP contribution >= 0.6 is 0 Å². The van der Waals surface area contributed by atoms with Gasteiger partial charge in [-0.1, -0.05) is 56.4 Å². The van der Waals surface area contributed by atoms with E-state index >= 15 is 0 Å². The quantitative estimate of drug-likeness (QED) is 0.761. The van der Waals surface area contributed by atoms with Crippen LogP contribution in [0.1, 0.15) is 55.7 Å². The van der Waals surface area contributed by atoms with Crippen molar-refractivity contribution in [3.05, 3.63) is 34.9 Å². The van der Waals surface area contributed by atoms with Crippen LogP contribution in [0.25, 0.3) is 0 Å². The third-order valence-electron chi connectivity index (χ3n) is 4.68. The highest BCUT2D eigenvalue weighted by molar-refractivity contribution is 5.30. The minimum absolute atomic E-state index is 0.971. The molecule has 1 nitrogen and oxygen atoms in total. The standard InChI is InChI=1S/C18H29N/c1-14-5-8-17(9-6-14)10-11-19-13-18-12-15(2)4-7-16(18)3/h4,7,12,14,17,19H,5-6,8-11,13H2,1-3H3. The maximum Gasteiger partial charge on any atom is 0.0208 e. The van der Waals surface area contributed by atoms with Crippen molar-refractivity contribution in [2.24, 2.45) is 11.8 Å². The van der Waals surface area contributed by atoms with E-state index in [1.807, 2.05) is 0 Å². The molecule has 0 saturated heterocycles. The summed E-state index contributed by atoms with van der Waals surface area (Å²) in [5.41, 5.74) is 4.23. The number of aryl methyl sites for hydroxylation is 2. The molecule has 1 saturated carbocycles. The number of hydrogen-bond donors (Lipinski definition) is 1. The van der Waals surface area contributed by atoms with Crippen LogP contribution in [0.5, 0.6) is 0 Å². The molecule has 1 aromatic carbocycles. The lowest BCUT2D eigenvalue weighted by Crippen LogP contribution is -2.21. The van der Waals surface area contributed by atoms with Crippen molar-refractivity contribution < 1.29 is 0 Å². The Hall–Kier alpha value is -0.820. The van der Waals surface area contributed by atoms with Gasteiger partial charge in [-0.3, -0.25) is 0 Å². The van der Waals surface area contributed by atoms with Crippen LogP contribution < -0.4 is 5.32 Å². The topological polar surface area (TPSA) is 12.0 Å². The first kappa shape index (κ1) is 14.6. The summed E-state index contributed by atoms with van der Waals surface area (Å²) in [6.07, 6.45) is 7.15. The maximum atomic E-state index is 3.63. The molecule has 0 amide bonds. The van der Waals surface area contributed by atoms with Crippen molar-refractivity contribution in [1.82, 2.24) is 5.32 Å². The zero-order valence-electron chi connectivity index (χ0n) is 12.8. The lowest BCUT2D eigenvalue weighted by molar-refractivity contribution is 0.275. The molecule has 0 aliphatic heterocycles. The molecule has 1 aliphatic carbocycles. The Morgan fingerprint density at radius 2 is 1.84 bits per heavy atom. The number of rotatable bonds is 5. The Kier molecular flexibility index (Phi) is 5.45. The predicted molar refractivity (Wildman–Crippen MR) is 83.4 cm³/mol. The third-order valence-corrected chi connectivity index (χ3v) is 4.68. The Morgan fingerprint density at radius 3 is 2.58 bits per heavy atom. The van der Waals surface area contributed by atoms with Crippen molar-refractivity contribution in [3.63, 3.8) is 0 Å². The number of benzene rings is 1. The molecule has 106 valence electrons. The predicted octanol–water partition coefficient (Wildman–Crippen LogP) is 4.61. The average molecular weight is 259 g/mol. The molecule has 0 radical (unpaired) electrons. The summed E-state index contributed by atoms with van der Waals surface area (Å²) >= 11 is 0. The van der Waals surface area contributed by atoms with Crippen molar-refractivity contribution in [3.8, 4) is 0 Å². The molecular formula is C18H29N. The van der Waals surface area contributed by atoms with Gasteiger partial charge in [-0.05, 0) is 49.8 Å². The van der Waals surface area contributed by atoms with Gasteiger partial charge in [0.1, 0.15) is 0 Å². The van der Waals surface area contributed by atoms with Crippen LogP contribution in [0.4, 0.5) is 0 Å². The minimum Gasteiger partial charge on any atom is -0.313 e. The van der Waals surface area contributed by atoms with Gasteiger partial charge in [0.2, 0.25) is 0 Å². The third kappa shape index (κ3) is 4.65. The van der Waals surface area contributed by atoms with Gasteiger partial charge in [-0.15, -0.1) is 0 Å². The van der Waals surface area contributed by atoms with E-state index in [1.54, 1.807) is 0 Å². The largest absolute Gasteiger partial charge is 0.313 e. The molecule has 1 heteroatoms. The van der Waals surface area contributed by atoms with E-state index in [4.69, 9.17) is 0 Å². The van der Waals surface area contributed by atoms with Gasteiger partial charge < -0.3 is 5.32 Å². The molecule has 1 fully saturated rings. The normalized spacial score (nSPS) is 23.5. The van der Waals surface area contributed by atoms with Crippen LogP contribution in [0.15, 0.2) is 18.2 Å². The van der Waals surface area contributed by atoms with Gasteiger partial charge in [0.25, 0.3) is 0 Å². The molecule has 0 aromatic heterocycles. The zero-order chi connectivity index (χ0) is 13.7. The Balaban J connectivity index is 1.68. The fraction of sp³-hybridized carbons (Fsp3) is 0.667. The first-order valence-electron chi connectivity index (χ1n) is 7.92. The second-order valence-corrected chi connectivity index (χ2v) is 6.52. The van der Waals surface area contributed by atoms with Crippen molar-refractivity contribution >= 4 is 0 Å². The van der Waals surface area contributed by atoms with E-state index in [0.717, 1.165) is 18.4 Å². The molecule has 0 bridgehead atoms. The Labute approximate surface area is 118 Å². The average Bonchev–Trinajstić information content (AvgIpc) is 2.40. The fourth-order valence-corrected chi connectivity index (χ4v) is 3.14. The molecule has 19 heavy (non-hydrogen) atoms. The lowest BCUT2D eigenvalue weighted by atomic mass is 9.81. The molecule has 0 unspecified atom stereocenters. The zero-order valence-corrected chi connectivity index (χ0v) is 12.8. The monoisotopic (exact) mass is 259 g/mol. The number of hydrogen-bond acceptors (Lipinski definition) is 1. The molecule has 0 heterocycles. The second kappa shape index (κ2) is 7.09. The summed E-state index contributed by atoms with van der Waals surface area (Å²) in [6.45, 7) is 8.98. The smallest absolute Gasteiger partial charge is 0.0208 e. The Bertz CT molecular complexity index is 389. The van der Waals surface area contributed by atoms with E-state index in [0.29, 0.717) is 0 Å². The molecule has 2 rings (SSSR count). The Morgan fingerprint density at radius 1 is 1.11 bits per heavy atom. The summed E-state index contributed by atoms with van der Waals surface area (Å²) in [7, 11) is 0. The van der Waals surface area contributed by atoms with Crippen molar-refractivity contribution in [2.45, 2.75) is 59.4 Å². The summed E-state index contributed by atoms with van der Waals surface area (Å²) in [5.74, 6) is 1.95. The second-order valence-electron chi connectivity index (χ2n) is 6.52. The van der Waals surface area contributed by atoms with Gasteiger partial charge in [-0.25, -0.2) is 0 Å². The molecule has 0 atom stereocenters. The SMILES string of the molecule is Cc1ccc(C)c(CNCCC2CCC(C)CC2)c1. The maximum absolute atomic E-state index is 3.63. The number of nitrogens with one attached hydrogen (secondary N) is 1. The van der Waals surface area contributed by atoms with E-state index in [2.05, 4.69) is 44.3 Å². The highest BCUT2D eigenvalue weighted by Gasteiger charge is 2.17. The van der Waals surface area contributed by atoms with E-state index < -0.39 is 0 Å². The fourth-order valence-electron chi connectivity index (χ4n) is 3.14. The first-order chi connectivity index (χ1) is 9.15. The highest BCUT2D eigenvalue weighted by atomic mass is 14.8. The summed E-state index contributed by atoms with van der Waals surface area (Å²) in [6, 6.07) is 6.74. The molecule has 1 aromatic rings. The van der Waals surface area contributed by atoms with Gasteiger partial charge in [0.15, 0.2) is 0 Å². The molecular weight excluding hydrogens is 230 g/mol. The molecule has 1 aliphatic rings. The molecule has 0 spiro atoms. The summed E-state index contributed by atoms with van der Waals surface area (Å²) in [4.78, 5) is 0. The van der Waals surface area contributed by atoms with E-state index in [1.165, 1.54) is 55.3 Å². The van der Waals surface area contributed by atoms with Crippen LogP contribution in [0.3, 0.4) is 0 Å². The van der Waals surface area contributed by atoms with Crippen LogP contribution in [-0.2, 0) is 6.54 Å². The van der Waals surface area contributed by atoms with Gasteiger partial charge in [-0.2, -0.15) is 0 Å². The van der Waals surface area contributed by atoms with Crippen molar-refractivity contribution in [1.29, 1.82) is 0 Å². The lowest BCUT2D eigenvalue weighted by Gasteiger charge is -2.26. The molecule has 1 N–H and O–H groups in total. The van der Waals surface area contributed by atoms with Gasteiger partial charge in [0.05, 0.1) is 0 Å². The van der Waals surface area contributed by atoms with Crippen molar-refractivity contribution in [2.75, 3.05) is 6.54 Å². The summed E-state index contributed by atoms with van der Waals surface area (Å²) in [5, 5.41) is 3.63. The highest BCUT2D eigenvalue weighted by Crippen LogP contribution is 2.29. The van der Waals surface area contributed by atoms with Crippen LogP contribution in [-0.4, -0.2) is 6.54 Å².